The smallest absolute Gasteiger partial charge is 0.335 e. The molecule has 6 nitrogen and oxygen atoms in total. The highest BCUT2D eigenvalue weighted by Gasteiger charge is 2.19. The molecule has 2 heterocycles. The molecule has 1 fully saturated rings. The Morgan fingerprint density at radius 2 is 1.96 bits per heavy atom. The van der Waals surface area contributed by atoms with E-state index in [2.05, 4.69) is 15.2 Å². The molecule has 132 valence electrons. The summed E-state index contributed by atoms with van der Waals surface area (Å²) in [6.45, 7) is 2.64. The van der Waals surface area contributed by atoms with Gasteiger partial charge in [0.2, 0.25) is 5.88 Å². The van der Waals surface area contributed by atoms with Crippen LogP contribution in [0.2, 0.25) is 0 Å². The first-order chi connectivity index (χ1) is 12.2. The van der Waals surface area contributed by atoms with Crippen molar-refractivity contribution in [2.24, 2.45) is 0 Å². The van der Waals surface area contributed by atoms with E-state index in [1.807, 2.05) is 30.3 Å². The largest absolute Gasteiger partial charge is 0.481 e. The lowest BCUT2D eigenvalue weighted by Crippen LogP contribution is -2.42. The lowest BCUT2D eigenvalue weighted by Gasteiger charge is -2.34. The van der Waals surface area contributed by atoms with Crippen molar-refractivity contribution in [3.8, 4) is 5.88 Å². The standard InChI is InChI=1S/C19H23N3O3/c1-25-18-4-2-3-16(21-18)13-20-15-9-11-22(12-10-15)17-7-5-14(6-8-17)19(23)24/h2-8,15,20H,9-13H2,1H3,(H,23,24). The van der Waals surface area contributed by atoms with E-state index in [9.17, 15) is 4.79 Å². The molecule has 0 bridgehead atoms. The molecular weight excluding hydrogens is 318 g/mol. The fourth-order valence-corrected chi connectivity index (χ4v) is 3.08. The van der Waals surface area contributed by atoms with Crippen LogP contribution in [0.4, 0.5) is 5.69 Å². The maximum Gasteiger partial charge on any atom is 0.335 e. The van der Waals surface area contributed by atoms with Crippen molar-refractivity contribution in [2.75, 3.05) is 25.1 Å². The Labute approximate surface area is 147 Å². The van der Waals surface area contributed by atoms with Gasteiger partial charge >= 0.3 is 5.97 Å². The summed E-state index contributed by atoms with van der Waals surface area (Å²) in [5, 5.41) is 12.5. The van der Waals surface area contributed by atoms with Crippen molar-refractivity contribution in [1.82, 2.24) is 10.3 Å². The fourth-order valence-electron chi connectivity index (χ4n) is 3.08. The number of benzene rings is 1. The third-order valence-electron chi connectivity index (χ3n) is 4.54. The summed E-state index contributed by atoms with van der Waals surface area (Å²) >= 11 is 0. The second kappa shape index (κ2) is 7.98. The first-order valence-corrected chi connectivity index (χ1v) is 8.47. The highest BCUT2D eigenvalue weighted by molar-refractivity contribution is 5.88. The van der Waals surface area contributed by atoms with Crippen LogP contribution in [0.3, 0.4) is 0 Å². The molecule has 0 atom stereocenters. The average Bonchev–Trinajstić information content (AvgIpc) is 2.67. The molecule has 25 heavy (non-hydrogen) atoms. The van der Waals surface area contributed by atoms with Gasteiger partial charge in [0.25, 0.3) is 0 Å². The number of methoxy groups -OCH3 is 1. The number of anilines is 1. The highest BCUT2D eigenvalue weighted by Crippen LogP contribution is 2.21. The number of nitrogens with one attached hydrogen (secondary N) is 1. The van der Waals surface area contributed by atoms with Gasteiger partial charge in [-0.2, -0.15) is 0 Å². The lowest BCUT2D eigenvalue weighted by molar-refractivity contribution is 0.0697. The molecule has 1 aliphatic rings. The average molecular weight is 341 g/mol. The van der Waals surface area contributed by atoms with Gasteiger partial charge in [0.05, 0.1) is 18.4 Å². The molecule has 3 rings (SSSR count). The van der Waals surface area contributed by atoms with Gasteiger partial charge < -0.3 is 20.1 Å². The molecule has 0 aliphatic carbocycles. The fraction of sp³-hybridized carbons (Fsp3) is 0.368. The molecule has 2 N–H and O–H groups in total. The summed E-state index contributed by atoms with van der Waals surface area (Å²) in [6, 6.07) is 13.3. The number of hydrogen-bond acceptors (Lipinski definition) is 5. The minimum atomic E-state index is -0.888. The van der Waals surface area contributed by atoms with Crippen LogP contribution in [-0.2, 0) is 6.54 Å². The van der Waals surface area contributed by atoms with E-state index >= 15 is 0 Å². The van der Waals surface area contributed by atoms with Crippen LogP contribution in [0.15, 0.2) is 42.5 Å². The van der Waals surface area contributed by atoms with Crippen molar-refractivity contribution in [3.63, 3.8) is 0 Å². The van der Waals surface area contributed by atoms with Crippen molar-refractivity contribution in [2.45, 2.75) is 25.4 Å². The Morgan fingerprint density at radius 1 is 1.24 bits per heavy atom. The number of hydrogen-bond donors (Lipinski definition) is 2. The number of pyridine rings is 1. The molecule has 2 aromatic rings. The maximum absolute atomic E-state index is 10.9. The number of aromatic nitrogens is 1. The van der Waals surface area contributed by atoms with E-state index < -0.39 is 5.97 Å². The molecule has 0 spiro atoms. The quantitative estimate of drug-likeness (QED) is 0.841. The SMILES string of the molecule is COc1cccc(CNC2CCN(c3ccc(C(=O)O)cc3)CC2)n1. The van der Waals surface area contributed by atoms with Gasteiger partial charge in [-0.05, 0) is 43.2 Å². The summed E-state index contributed by atoms with van der Waals surface area (Å²) in [7, 11) is 1.62. The van der Waals surface area contributed by atoms with Crippen molar-refractivity contribution < 1.29 is 14.6 Å². The van der Waals surface area contributed by atoms with Crippen LogP contribution in [0.5, 0.6) is 5.88 Å². The zero-order valence-corrected chi connectivity index (χ0v) is 14.3. The topological polar surface area (TPSA) is 74.7 Å². The lowest BCUT2D eigenvalue weighted by atomic mass is 10.0. The summed E-state index contributed by atoms with van der Waals surface area (Å²) < 4.78 is 5.15. The predicted molar refractivity (Wildman–Crippen MR) is 96.3 cm³/mol. The highest BCUT2D eigenvalue weighted by atomic mass is 16.5. The number of aromatic carboxylic acids is 1. The zero-order chi connectivity index (χ0) is 17.6. The molecule has 6 heteroatoms. The van der Waals surface area contributed by atoms with Gasteiger partial charge in [-0.3, -0.25) is 0 Å². The molecule has 1 aromatic carbocycles. The number of carbonyl (C=O) groups is 1. The molecule has 0 saturated carbocycles. The number of piperidine rings is 1. The van der Waals surface area contributed by atoms with Crippen molar-refractivity contribution in [3.05, 3.63) is 53.7 Å². The van der Waals surface area contributed by atoms with Crippen molar-refractivity contribution >= 4 is 11.7 Å². The Hall–Kier alpha value is -2.60. The van der Waals surface area contributed by atoms with E-state index in [-0.39, 0.29) is 0 Å². The number of carboxylic acid groups (broad SMARTS) is 1. The third-order valence-corrected chi connectivity index (χ3v) is 4.54. The molecule has 0 unspecified atom stereocenters. The van der Waals surface area contributed by atoms with Crippen LogP contribution in [-0.4, -0.2) is 42.3 Å². The number of ether oxygens (including phenoxy) is 1. The first kappa shape index (κ1) is 17.2. The Kier molecular flexibility index (Phi) is 5.50. The Morgan fingerprint density at radius 3 is 2.60 bits per heavy atom. The molecule has 0 amide bonds. The van der Waals surface area contributed by atoms with E-state index in [0.29, 0.717) is 17.5 Å². The number of rotatable bonds is 6. The number of carboxylic acids is 1. The van der Waals surface area contributed by atoms with Crippen LogP contribution >= 0.6 is 0 Å². The predicted octanol–water partition coefficient (Wildman–Crippen LogP) is 2.55. The van der Waals surface area contributed by atoms with Crippen LogP contribution in [0.25, 0.3) is 0 Å². The van der Waals surface area contributed by atoms with E-state index in [1.54, 1.807) is 19.2 Å². The molecule has 1 aromatic heterocycles. The second-order valence-corrected chi connectivity index (χ2v) is 6.17. The maximum atomic E-state index is 10.9. The van der Waals surface area contributed by atoms with E-state index in [1.165, 1.54) is 0 Å². The Balaban J connectivity index is 1.49. The second-order valence-electron chi connectivity index (χ2n) is 6.17. The van der Waals surface area contributed by atoms with Gasteiger partial charge in [0, 0.05) is 37.4 Å². The summed E-state index contributed by atoms with van der Waals surface area (Å²) in [5.74, 6) is -0.250. The summed E-state index contributed by atoms with van der Waals surface area (Å²) in [6.07, 6.45) is 2.09. The molecule has 1 saturated heterocycles. The van der Waals surface area contributed by atoms with Crippen LogP contribution in [0, 0.1) is 0 Å². The third kappa shape index (κ3) is 4.48. The molecule has 1 aliphatic heterocycles. The summed E-state index contributed by atoms with van der Waals surface area (Å²) in [5.41, 5.74) is 2.38. The molecule has 0 radical (unpaired) electrons. The summed E-state index contributed by atoms with van der Waals surface area (Å²) in [4.78, 5) is 17.6. The van der Waals surface area contributed by atoms with Gasteiger partial charge in [0.15, 0.2) is 0 Å². The van der Waals surface area contributed by atoms with Crippen molar-refractivity contribution in [1.29, 1.82) is 0 Å². The van der Waals surface area contributed by atoms with Gasteiger partial charge in [-0.25, -0.2) is 9.78 Å². The zero-order valence-electron chi connectivity index (χ0n) is 14.3. The minimum Gasteiger partial charge on any atom is -0.481 e. The van der Waals surface area contributed by atoms with Crippen LogP contribution < -0.4 is 15.0 Å². The van der Waals surface area contributed by atoms with Crippen LogP contribution in [0.1, 0.15) is 28.9 Å². The van der Waals surface area contributed by atoms with Gasteiger partial charge in [-0.1, -0.05) is 6.07 Å². The Bertz CT molecular complexity index is 710. The monoisotopic (exact) mass is 341 g/mol. The normalized spacial score (nSPS) is 15.2. The number of nitrogens with zero attached hydrogens (tertiary/aromatic N) is 2. The first-order valence-electron chi connectivity index (χ1n) is 8.47. The molecular formula is C19H23N3O3. The van der Waals surface area contributed by atoms with Gasteiger partial charge in [0.1, 0.15) is 0 Å². The minimum absolute atomic E-state index is 0.325. The van der Waals surface area contributed by atoms with E-state index in [4.69, 9.17) is 9.84 Å². The van der Waals surface area contributed by atoms with Gasteiger partial charge in [-0.15, -0.1) is 0 Å². The van der Waals surface area contributed by atoms with E-state index in [0.717, 1.165) is 43.9 Å².